The van der Waals surface area contributed by atoms with E-state index in [2.05, 4.69) is 21.2 Å². The van der Waals surface area contributed by atoms with Gasteiger partial charge in [0.15, 0.2) is 0 Å². The number of benzene rings is 2. The normalized spacial score (nSPS) is 11.2. The minimum Gasteiger partial charge on any atom is -0.307 e. The van der Waals surface area contributed by atoms with Gasteiger partial charge in [0.1, 0.15) is 0 Å². The third kappa shape index (κ3) is 3.79. The van der Waals surface area contributed by atoms with Gasteiger partial charge in [-0.25, -0.2) is 28.8 Å². The highest BCUT2D eigenvalue weighted by atomic mass is 32.2. The molecular weight excluding hydrogens is 350 g/mol. The molecule has 0 radical (unpaired) electrons. The summed E-state index contributed by atoms with van der Waals surface area (Å²) in [5.41, 5.74) is 6.26. The van der Waals surface area contributed by atoms with E-state index >= 15 is 0 Å². The molecule has 0 saturated carbocycles. The van der Waals surface area contributed by atoms with E-state index in [0.717, 1.165) is 10.2 Å². The minimum atomic E-state index is -3.83. The maximum Gasteiger partial charge on any atom is 0.337 e. The van der Waals surface area contributed by atoms with Gasteiger partial charge in [0.05, 0.1) is 15.1 Å². The average Bonchev–Trinajstić information content (AvgIpc) is 2.95. The Hall–Kier alpha value is -2.69. The monoisotopic (exact) mass is 363 g/mol. The smallest absolute Gasteiger partial charge is 0.307 e. The number of nitrogens with zero attached hydrogens (tertiary/aromatic N) is 1. The SMILES string of the molecule is NS(=O)(=O)c1cccc(NC(=O)NNc2nc3ccccc3s2)c1. The van der Waals surface area contributed by atoms with Crippen molar-refractivity contribution in [3.05, 3.63) is 48.5 Å². The lowest BCUT2D eigenvalue weighted by Crippen LogP contribution is -2.33. The summed E-state index contributed by atoms with van der Waals surface area (Å²) in [5.74, 6) is 0. The number of sulfonamides is 1. The van der Waals surface area contributed by atoms with Crippen LogP contribution in [0.15, 0.2) is 53.4 Å². The second-order valence-electron chi connectivity index (χ2n) is 4.76. The van der Waals surface area contributed by atoms with Crippen LogP contribution in [0, 0.1) is 0 Å². The lowest BCUT2D eigenvalue weighted by molar-refractivity contribution is 0.254. The summed E-state index contributed by atoms with van der Waals surface area (Å²) in [7, 11) is -3.83. The largest absolute Gasteiger partial charge is 0.337 e. The van der Waals surface area contributed by atoms with E-state index in [1.54, 1.807) is 6.07 Å². The molecule has 0 aliphatic rings. The third-order valence-electron chi connectivity index (χ3n) is 3.00. The van der Waals surface area contributed by atoms with Crippen molar-refractivity contribution in [1.29, 1.82) is 0 Å². The molecule has 2 aromatic carbocycles. The molecular formula is C14H13N5O3S2. The number of nitrogens with two attached hydrogens (primary N) is 1. The van der Waals surface area contributed by atoms with Crippen molar-refractivity contribution in [2.45, 2.75) is 4.90 Å². The van der Waals surface area contributed by atoms with Gasteiger partial charge in [0.25, 0.3) is 0 Å². The fraction of sp³-hybridized carbons (Fsp3) is 0. The Balaban J connectivity index is 1.63. The van der Waals surface area contributed by atoms with E-state index in [9.17, 15) is 13.2 Å². The first-order valence-corrected chi connectivity index (χ1v) is 9.09. The molecule has 8 nitrogen and oxygen atoms in total. The van der Waals surface area contributed by atoms with Gasteiger partial charge in [0, 0.05) is 5.69 Å². The molecule has 0 spiro atoms. The van der Waals surface area contributed by atoms with Gasteiger partial charge >= 0.3 is 6.03 Å². The number of fused-ring (bicyclic) bond motifs is 1. The number of aromatic nitrogens is 1. The van der Waals surface area contributed by atoms with Crippen molar-refractivity contribution in [2.24, 2.45) is 5.14 Å². The highest BCUT2D eigenvalue weighted by Crippen LogP contribution is 2.24. The Labute approximate surface area is 141 Å². The van der Waals surface area contributed by atoms with Crippen molar-refractivity contribution in [3.8, 4) is 0 Å². The highest BCUT2D eigenvalue weighted by molar-refractivity contribution is 7.89. The molecule has 0 saturated heterocycles. The van der Waals surface area contributed by atoms with E-state index in [0.29, 0.717) is 10.8 Å². The van der Waals surface area contributed by atoms with Crippen molar-refractivity contribution >= 4 is 48.4 Å². The van der Waals surface area contributed by atoms with Crippen molar-refractivity contribution in [1.82, 2.24) is 10.4 Å². The molecule has 24 heavy (non-hydrogen) atoms. The number of anilines is 2. The summed E-state index contributed by atoms with van der Waals surface area (Å²) in [4.78, 5) is 16.1. The molecule has 0 bridgehead atoms. The summed E-state index contributed by atoms with van der Waals surface area (Å²) >= 11 is 1.39. The number of hydrogen-bond donors (Lipinski definition) is 4. The molecule has 3 rings (SSSR count). The number of hydrazine groups is 1. The second kappa shape index (κ2) is 6.43. The van der Waals surface area contributed by atoms with Gasteiger partial charge in [-0.15, -0.1) is 0 Å². The number of nitrogens with one attached hydrogen (secondary N) is 3. The number of carbonyl (C=O) groups is 1. The number of para-hydroxylation sites is 1. The molecule has 0 unspecified atom stereocenters. The first kappa shape index (κ1) is 16.2. The Bertz CT molecular complexity index is 967. The van der Waals surface area contributed by atoms with Gasteiger partial charge < -0.3 is 5.32 Å². The van der Waals surface area contributed by atoms with Crippen LogP contribution < -0.4 is 21.3 Å². The zero-order valence-electron chi connectivity index (χ0n) is 12.2. The predicted molar refractivity (Wildman–Crippen MR) is 93.2 cm³/mol. The molecule has 10 heteroatoms. The summed E-state index contributed by atoms with van der Waals surface area (Å²) in [6.07, 6.45) is 0. The first-order chi connectivity index (χ1) is 11.4. The Morgan fingerprint density at radius 1 is 1.12 bits per heavy atom. The lowest BCUT2D eigenvalue weighted by atomic mass is 10.3. The number of carbonyl (C=O) groups excluding carboxylic acids is 1. The molecule has 0 fully saturated rings. The Kier molecular flexibility index (Phi) is 4.34. The van der Waals surface area contributed by atoms with Crippen LogP contribution in [-0.2, 0) is 10.0 Å². The number of rotatable bonds is 4. The molecule has 1 heterocycles. The van der Waals surface area contributed by atoms with Gasteiger partial charge in [-0.05, 0) is 30.3 Å². The molecule has 0 aliphatic carbocycles. The van der Waals surface area contributed by atoms with Crippen LogP contribution in [0.25, 0.3) is 10.2 Å². The predicted octanol–water partition coefficient (Wildman–Crippen LogP) is 2.09. The van der Waals surface area contributed by atoms with Crippen LogP contribution >= 0.6 is 11.3 Å². The number of thiazole rings is 1. The van der Waals surface area contributed by atoms with Crippen LogP contribution in [-0.4, -0.2) is 19.4 Å². The van der Waals surface area contributed by atoms with Crippen LogP contribution in [0.2, 0.25) is 0 Å². The van der Waals surface area contributed by atoms with E-state index in [1.165, 1.54) is 29.5 Å². The lowest BCUT2D eigenvalue weighted by Gasteiger charge is -2.08. The van der Waals surface area contributed by atoms with Crippen LogP contribution in [0.5, 0.6) is 0 Å². The summed E-state index contributed by atoms with van der Waals surface area (Å²) in [6.45, 7) is 0. The zero-order chi connectivity index (χ0) is 17.2. The number of amides is 2. The highest BCUT2D eigenvalue weighted by Gasteiger charge is 2.10. The maximum atomic E-state index is 11.9. The fourth-order valence-corrected chi connectivity index (χ4v) is 3.33. The van der Waals surface area contributed by atoms with Crippen molar-refractivity contribution in [3.63, 3.8) is 0 Å². The van der Waals surface area contributed by atoms with E-state index in [1.807, 2.05) is 24.3 Å². The topological polar surface area (TPSA) is 126 Å². The summed E-state index contributed by atoms with van der Waals surface area (Å²) in [6, 6.07) is 12.7. The van der Waals surface area contributed by atoms with Gasteiger partial charge in [-0.3, -0.25) is 5.43 Å². The molecule has 0 atom stereocenters. The van der Waals surface area contributed by atoms with Crippen LogP contribution in [0.4, 0.5) is 15.6 Å². The minimum absolute atomic E-state index is 0.0839. The molecule has 5 N–H and O–H groups in total. The second-order valence-corrected chi connectivity index (χ2v) is 7.36. The van der Waals surface area contributed by atoms with E-state index < -0.39 is 16.1 Å². The average molecular weight is 363 g/mol. The van der Waals surface area contributed by atoms with E-state index in [4.69, 9.17) is 5.14 Å². The molecule has 3 aromatic rings. The number of urea groups is 1. The Morgan fingerprint density at radius 3 is 2.67 bits per heavy atom. The van der Waals surface area contributed by atoms with Gasteiger partial charge in [0.2, 0.25) is 15.2 Å². The van der Waals surface area contributed by atoms with Gasteiger partial charge in [-0.2, -0.15) is 0 Å². The standard InChI is InChI=1S/C14H13N5O3S2/c15-24(21,22)10-5-3-4-9(8-10)16-13(20)18-19-14-17-11-6-1-2-7-12(11)23-14/h1-8H,(H,17,19)(H2,15,21,22)(H2,16,18,20). The van der Waals surface area contributed by atoms with Crippen LogP contribution in [0.1, 0.15) is 0 Å². The first-order valence-electron chi connectivity index (χ1n) is 6.73. The van der Waals surface area contributed by atoms with E-state index in [-0.39, 0.29) is 4.90 Å². The summed E-state index contributed by atoms with van der Waals surface area (Å²) in [5, 5.41) is 8.09. The maximum absolute atomic E-state index is 11.9. The molecule has 1 aromatic heterocycles. The number of primary sulfonamides is 1. The summed E-state index contributed by atoms with van der Waals surface area (Å²) < 4.78 is 23.6. The molecule has 124 valence electrons. The van der Waals surface area contributed by atoms with Crippen LogP contribution in [0.3, 0.4) is 0 Å². The quantitative estimate of drug-likeness (QED) is 0.528. The number of hydrogen-bond acceptors (Lipinski definition) is 6. The molecule has 2 amide bonds. The third-order valence-corrected chi connectivity index (χ3v) is 4.86. The fourth-order valence-electron chi connectivity index (χ4n) is 1.95. The molecule has 0 aliphatic heterocycles. The van der Waals surface area contributed by atoms with Crippen molar-refractivity contribution < 1.29 is 13.2 Å². The van der Waals surface area contributed by atoms with Gasteiger partial charge in [-0.1, -0.05) is 29.5 Å². The zero-order valence-corrected chi connectivity index (χ0v) is 13.8. The Morgan fingerprint density at radius 2 is 1.92 bits per heavy atom. The van der Waals surface area contributed by atoms with Crippen molar-refractivity contribution in [2.75, 3.05) is 10.7 Å².